The summed E-state index contributed by atoms with van der Waals surface area (Å²) in [5, 5.41) is 3.48. The molecular formula is C19H25ClN2O3S. The van der Waals surface area contributed by atoms with Gasteiger partial charge in [0.15, 0.2) is 0 Å². The lowest BCUT2D eigenvalue weighted by atomic mass is 9.98. The van der Waals surface area contributed by atoms with Crippen LogP contribution in [-0.2, 0) is 14.8 Å². The minimum absolute atomic E-state index is 0.226. The van der Waals surface area contributed by atoms with E-state index in [1.54, 1.807) is 18.2 Å². The van der Waals surface area contributed by atoms with E-state index in [2.05, 4.69) is 5.32 Å². The molecule has 1 aromatic rings. The Morgan fingerprint density at radius 2 is 1.77 bits per heavy atom. The zero-order valence-corrected chi connectivity index (χ0v) is 16.6. The fourth-order valence-corrected chi connectivity index (χ4v) is 5.31. The Bertz CT molecular complexity index is 827. The van der Waals surface area contributed by atoms with Gasteiger partial charge in [-0.25, -0.2) is 8.42 Å². The minimum Gasteiger partial charge on any atom is -0.322 e. The fourth-order valence-electron chi connectivity index (χ4n) is 3.45. The second-order valence-electron chi connectivity index (χ2n) is 6.99. The molecule has 0 aromatic heterocycles. The molecule has 1 N–H and O–H groups in total. The maximum absolute atomic E-state index is 12.9. The first kappa shape index (κ1) is 19.4. The highest BCUT2D eigenvalue weighted by Crippen LogP contribution is 2.30. The molecule has 1 aliphatic heterocycles. The van der Waals surface area contributed by atoms with E-state index in [0.29, 0.717) is 35.8 Å². The molecule has 1 amide bonds. The maximum Gasteiger partial charge on any atom is 0.252 e. The largest absolute Gasteiger partial charge is 0.322 e. The van der Waals surface area contributed by atoms with Crippen molar-refractivity contribution < 1.29 is 13.2 Å². The van der Waals surface area contributed by atoms with Crippen LogP contribution in [0.15, 0.2) is 33.7 Å². The number of anilines is 1. The molecule has 1 fully saturated rings. The molecule has 7 heteroatoms. The van der Waals surface area contributed by atoms with Crippen molar-refractivity contribution >= 4 is 33.2 Å². The standard InChI is InChI=1S/C19H25ClN2O3S/c1-14-9-10-15(26(24,25)22-11-5-2-6-12-22)13-18(14)21-19(23)16-7-3-4-8-17(16)20/h9-10,13H,2-8,11-12H2,1H3,(H,21,23). The first-order chi connectivity index (χ1) is 12.4. The summed E-state index contributed by atoms with van der Waals surface area (Å²) in [6.07, 6.45) is 6.18. The Morgan fingerprint density at radius 3 is 2.46 bits per heavy atom. The summed E-state index contributed by atoms with van der Waals surface area (Å²) in [6.45, 7) is 2.96. The first-order valence-corrected chi connectivity index (χ1v) is 11.0. The number of benzene rings is 1. The van der Waals surface area contributed by atoms with E-state index in [9.17, 15) is 13.2 Å². The highest BCUT2D eigenvalue weighted by Gasteiger charge is 2.27. The summed E-state index contributed by atoms with van der Waals surface area (Å²) >= 11 is 6.21. The van der Waals surface area contributed by atoms with E-state index in [-0.39, 0.29) is 10.8 Å². The van der Waals surface area contributed by atoms with Crippen molar-refractivity contribution in [2.45, 2.75) is 56.8 Å². The Balaban J connectivity index is 1.85. The van der Waals surface area contributed by atoms with Crippen LogP contribution in [0.5, 0.6) is 0 Å². The van der Waals surface area contributed by atoms with E-state index >= 15 is 0 Å². The molecule has 26 heavy (non-hydrogen) atoms. The molecule has 1 saturated heterocycles. The van der Waals surface area contributed by atoms with E-state index in [1.807, 2.05) is 6.92 Å². The van der Waals surface area contributed by atoms with E-state index in [0.717, 1.165) is 44.1 Å². The van der Waals surface area contributed by atoms with Gasteiger partial charge in [0.05, 0.1) is 4.90 Å². The van der Waals surface area contributed by atoms with Crippen LogP contribution in [0, 0.1) is 6.92 Å². The maximum atomic E-state index is 12.9. The molecule has 0 spiro atoms. The summed E-state index contributed by atoms with van der Waals surface area (Å²) in [7, 11) is -3.53. The van der Waals surface area contributed by atoms with Crippen LogP contribution in [0.4, 0.5) is 5.69 Å². The van der Waals surface area contributed by atoms with Gasteiger partial charge in [0, 0.05) is 29.4 Å². The lowest BCUT2D eigenvalue weighted by Gasteiger charge is -2.26. The number of allylic oxidation sites excluding steroid dienone is 1. The van der Waals surface area contributed by atoms with Gasteiger partial charge in [0.2, 0.25) is 10.0 Å². The van der Waals surface area contributed by atoms with Crippen molar-refractivity contribution in [2.75, 3.05) is 18.4 Å². The molecule has 142 valence electrons. The number of sulfonamides is 1. The topological polar surface area (TPSA) is 66.5 Å². The molecule has 3 rings (SSSR count). The Kier molecular flexibility index (Phi) is 6.05. The fraction of sp³-hybridized carbons (Fsp3) is 0.526. The van der Waals surface area contributed by atoms with Gasteiger partial charge in [0.25, 0.3) is 5.91 Å². The smallest absolute Gasteiger partial charge is 0.252 e. The number of nitrogens with zero attached hydrogens (tertiary/aromatic N) is 1. The zero-order chi connectivity index (χ0) is 18.7. The summed E-state index contributed by atoms with van der Waals surface area (Å²) in [5.74, 6) is -0.231. The molecule has 0 saturated carbocycles. The van der Waals surface area contributed by atoms with Crippen molar-refractivity contribution in [1.29, 1.82) is 0 Å². The van der Waals surface area contributed by atoms with Gasteiger partial charge in [-0.05, 0) is 63.1 Å². The predicted molar refractivity (Wildman–Crippen MR) is 104 cm³/mol. The zero-order valence-electron chi connectivity index (χ0n) is 15.1. The number of hydrogen-bond donors (Lipinski definition) is 1. The van der Waals surface area contributed by atoms with Crippen LogP contribution in [0.1, 0.15) is 50.5 Å². The number of carbonyl (C=O) groups is 1. The van der Waals surface area contributed by atoms with Gasteiger partial charge < -0.3 is 5.32 Å². The number of rotatable bonds is 4. The van der Waals surface area contributed by atoms with Gasteiger partial charge in [-0.3, -0.25) is 4.79 Å². The predicted octanol–water partition coefficient (Wildman–Crippen LogP) is 4.18. The minimum atomic E-state index is -3.53. The average Bonchev–Trinajstić information content (AvgIpc) is 2.64. The lowest BCUT2D eigenvalue weighted by molar-refractivity contribution is -0.113. The number of amides is 1. The van der Waals surface area contributed by atoms with Crippen LogP contribution in [0.3, 0.4) is 0 Å². The normalized spacial score (nSPS) is 19.5. The molecular weight excluding hydrogens is 372 g/mol. The molecule has 0 bridgehead atoms. The first-order valence-electron chi connectivity index (χ1n) is 9.19. The van der Waals surface area contributed by atoms with Gasteiger partial charge in [-0.2, -0.15) is 4.31 Å². The van der Waals surface area contributed by atoms with Gasteiger partial charge in [-0.15, -0.1) is 0 Å². The number of halogens is 1. The number of nitrogens with one attached hydrogen (secondary N) is 1. The third-order valence-corrected chi connectivity index (χ3v) is 7.40. The number of hydrogen-bond acceptors (Lipinski definition) is 3. The van der Waals surface area contributed by atoms with Gasteiger partial charge in [0.1, 0.15) is 0 Å². The second-order valence-corrected chi connectivity index (χ2v) is 9.38. The molecule has 1 aliphatic carbocycles. The lowest BCUT2D eigenvalue weighted by Crippen LogP contribution is -2.35. The summed E-state index contributed by atoms with van der Waals surface area (Å²) in [4.78, 5) is 12.8. The summed E-state index contributed by atoms with van der Waals surface area (Å²) < 4.78 is 27.3. The molecule has 1 aromatic carbocycles. The van der Waals surface area contributed by atoms with Crippen molar-refractivity contribution in [3.05, 3.63) is 34.4 Å². The van der Waals surface area contributed by atoms with Crippen LogP contribution < -0.4 is 5.32 Å². The monoisotopic (exact) mass is 396 g/mol. The van der Waals surface area contributed by atoms with E-state index in [4.69, 9.17) is 11.6 Å². The third-order valence-electron chi connectivity index (χ3n) is 5.08. The molecule has 0 radical (unpaired) electrons. The van der Waals surface area contributed by atoms with Gasteiger partial charge in [-0.1, -0.05) is 24.1 Å². The van der Waals surface area contributed by atoms with E-state index < -0.39 is 10.0 Å². The highest BCUT2D eigenvalue weighted by atomic mass is 35.5. The van der Waals surface area contributed by atoms with Crippen LogP contribution in [0.2, 0.25) is 0 Å². The number of piperidine rings is 1. The second kappa shape index (κ2) is 8.11. The quantitative estimate of drug-likeness (QED) is 0.830. The van der Waals surface area contributed by atoms with Crippen molar-refractivity contribution in [3.8, 4) is 0 Å². The molecule has 2 aliphatic rings. The third kappa shape index (κ3) is 4.13. The average molecular weight is 397 g/mol. The molecule has 0 atom stereocenters. The molecule has 0 unspecified atom stereocenters. The van der Waals surface area contributed by atoms with Crippen molar-refractivity contribution in [3.63, 3.8) is 0 Å². The Hall–Kier alpha value is -1.37. The number of carbonyl (C=O) groups excluding carboxylic acids is 1. The summed E-state index contributed by atoms with van der Waals surface area (Å²) in [6, 6.07) is 4.92. The Morgan fingerprint density at radius 1 is 1.08 bits per heavy atom. The van der Waals surface area contributed by atoms with Gasteiger partial charge >= 0.3 is 0 Å². The number of aryl methyl sites for hydroxylation is 1. The summed E-state index contributed by atoms with van der Waals surface area (Å²) in [5.41, 5.74) is 1.96. The molecule has 5 nitrogen and oxygen atoms in total. The van der Waals surface area contributed by atoms with Crippen LogP contribution >= 0.6 is 11.6 Å². The van der Waals surface area contributed by atoms with Crippen LogP contribution in [-0.4, -0.2) is 31.7 Å². The molecule has 1 heterocycles. The highest BCUT2D eigenvalue weighted by molar-refractivity contribution is 7.89. The van der Waals surface area contributed by atoms with Crippen molar-refractivity contribution in [2.24, 2.45) is 0 Å². The van der Waals surface area contributed by atoms with Crippen molar-refractivity contribution in [1.82, 2.24) is 4.31 Å². The van der Waals surface area contributed by atoms with E-state index in [1.165, 1.54) is 4.31 Å². The SMILES string of the molecule is Cc1ccc(S(=O)(=O)N2CCCCC2)cc1NC(=O)C1=C(Cl)CCCC1. The van der Waals surface area contributed by atoms with Crippen LogP contribution in [0.25, 0.3) is 0 Å². The Labute approximate surface area is 160 Å².